The maximum atomic E-state index is 13.1. The van der Waals surface area contributed by atoms with E-state index in [1.165, 1.54) is 29.2 Å². The van der Waals surface area contributed by atoms with Gasteiger partial charge in [-0.05, 0) is 70.2 Å². The van der Waals surface area contributed by atoms with Crippen LogP contribution in [0.5, 0.6) is 0 Å². The molecule has 8 nitrogen and oxygen atoms in total. The summed E-state index contributed by atoms with van der Waals surface area (Å²) < 4.78 is 0. The highest BCUT2D eigenvalue weighted by molar-refractivity contribution is 6.46. The molecule has 3 rings (SSSR count). The van der Waals surface area contributed by atoms with Gasteiger partial charge in [0.1, 0.15) is 5.76 Å². The van der Waals surface area contributed by atoms with Crippen LogP contribution in [0.25, 0.3) is 5.76 Å². The smallest absolute Gasteiger partial charge is 0.295 e. The number of likely N-dealkylation sites (tertiary alicyclic amines) is 1. The molecule has 1 N–H and O–H groups in total. The van der Waals surface area contributed by atoms with E-state index >= 15 is 0 Å². The molecule has 1 unspecified atom stereocenters. The largest absolute Gasteiger partial charge is 0.507 e. The molecule has 2 aromatic rings. The third kappa shape index (κ3) is 4.55. The van der Waals surface area contributed by atoms with Crippen molar-refractivity contribution in [2.45, 2.75) is 26.3 Å². The zero-order valence-corrected chi connectivity index (χ0v) is 18.7. The molecular weight excluding hydrogens is 410 g/mol. The molecule has 0 radical (unpaired) electrons. The topological polar surface area (TPSA) is 104 Å². The zero-order valence-electron chi connectivity index (χ0n) is 18.7. The van der Waals surface area contributed by atoms with Crippen LogP contribution in [0, 0.1) is 24.0 Å². The number of aliphatic hydroxyl groups is 1. The van der Waals surface area contributed by atoms with E-state index in [-0.39, 0.29) is 17.0 Å². The van der Waals surface area contributed by atoms with Crippen molar-refractivity contribution in [3.63, 3.8) is 0 Å². The molecule has 2 aromatic carbocycles. The van der Waals surface area contributed by atoms with Gasteiger partial charge in [0.2, 0.25) is 0 Å². The summed E-state index contributed by atoms with van der Waals surface area (Å²) in [7, 11) is 3.84. The number of nitrogens with zero attached hydrogens (tertiary/aromatic N) is 3. The Bertz CT molecular complexity index is 1090. The first-order chi connectivity index (χ1) is 15.1. The first-order valence-electron chi connectivity index (χ1n) is 10.4. The number of ketones is 1. The lowest BCUT2D eigenvalue weighted by Crippen LogP contribution is -2.32. The second-order valence-corrected chi connectivity index (χ2v) is 8.32. The van der Waals surface area contributed by atoms with Crippen LogP contribution in [0.15, 0.2) is 48.0 Å². The van der Waals surface area contributed by atoms with Crippen molar-refractivity contribution in [1.82, 2.24) is 9.80 Å². The number of nitro groups is 1. The lowest BCUT2D eigenvalue weighted by atomic mass is 9.93. The van der Waals surface area contributed by atoms with Gasteiger partial charge in [-0.2, -0.15) is 0 Å². The summed E-state index contributed by atoms with van der Waals surface area (Å²) in [5, 5.41) is 22.3. The number of nitro benzene ring substituents is 1. The van der Waals surface area contributed by atoms with Crippen molar-refractivity contribution >= 4 is 23.1 Å². The molecule has 1 amide bonds. The van der Waals surface area contributed by atoms with E-state index in [1.807, 2.05) is 45.0 Å². The van der Waals surface area contributed by atoms with Gasteiger partial charge in [0.05, 0.1) is 16.5 Å². The molecule has 8 heteroatoms. The number of hydrogen-bond donors (Lipinski definition) is 1. The van der Waals surface area contributed by atoms with Crippen molar-refractivity contribution in [3.8, 4) is 0 Å². The standard InChI is InChI=1S/C24H27N3O5/c1-15-6-7-16(2)19(14-15)22(28)20-21(17-8-10-18(11-9-17)27(31)32)26(24(30)23(20)29)13-5-12-25(3)4/h6-11,14,21,28H,5,12-13H2,1-4H3/b22-20+. The molecule has 1 aliphatic heterocycles. The van der Waals surface area contributed by atoms with Gasteiger partial charge in [0.15, 0.2) is 0 Å². The summed E-state index contributed by atoms with van der Waals surface area (Å²) >= 11 is 0. The average molecular weight is 437 g/mol. The maximum Gasteiger partial charge on any atom is 0.295 e. The molecule has 0 saturated carbocycles. The molecule has 1 fully saturated rings. The maximum absolute atomic E-state index is 13.1. The Morgan fingerprint density at radius 3 is 2.38 bits per heavy atom. The number of Topliss-reactive ketones (excluding diaryl/α,β-unsaturated/α-hetero) is 1. The second kappa shape index (κ2) is 9.32. The van der Waals surface area contributed by atoms with Crippen molar-refractivity contribution in [1.29, 1.82) is 0 Å². The minimum absolute atomic E-state index is 0.00223. The van der Waals surface area contributed by atoms with Gasteiger partial charge in [0.25, 0.3) is 17.4 Å². The summed E-state index contributed by atoms with van der Waals surface area (Å²) in [4.78, 5) is 40.0. The van der Waals surface area contributed by atoms with Gasteiger partial charge in [-0.1, -0.05) is 17.7 Å². The zero-order chi connectivity index (χ0) is 23.6. The Labute approximate surface area is 186 Å². The fourth-order valence-corrected chi connectivity index (χ4v) is 3.93. The molecular formula is C24H27N3O5. The minimum Gasteiger partial charge on any atom is -0.507 e. The highest BCUT2D eigenvalue weighted by atomic mass is 16.6. The van der Waals surface area contributed by atoms with Crippen molar-refractivity contribution in [2.75, 3.05) is 27.2 Å². The van der Waals surface area contributed by atoms with Crippen LogP contribution in [0.3, 0.4) is 0 Å². The first kappa shape index (κ1) is 23.1. The molecule has 1 saturated heterocycles. The van der Waals surface area contributed by atoms with E-state index < -0.39 is 22.7 Å². The van der Waals surface area contributed by atoms with E-state index in [0.29, 0.717) is 30.6 Å². The Kier molecular flexibility index (Phi) is 6.74. The second-order valence-electron chi connectivity index (χ2n) is 8.32. The predicted octanol–water partition coefficient (Wildman–Crippen LogP) is 3.59. The number of carbonyl (C=O) groups is 2. The predicted molar refractivity (Wildman–Crippen MR) is 121 cm³/mol. The molecule has 0 spiro atoms. The highest BCUT2D eigenvalue weighted by Gasteiger charge is 2.46. The summed E-state index contributed by atoms with van der Waals surface area (Å²) in [6.45, 7) is 4.73. The van der Waals surface area contributed by atoms with Gasteiger partial charge >= 0.3 is 0 Å². The van der Waals surface area contributed by atoms with Crippen LogP contribution in [-0.4, -0.2) is 58.7 Å². The van der Waals surface area contributed by atoms with E-state index in [2.05, 4.69) is 0 Å². The number of aryl methyl sites for hydroxylation is 2. The third-order valence-electron chi connectivity index (χ3n) is 5.61. The summed E-state index contributed by atoms with van der Waals surface area (Å²) in [5.41, 5.74) is 2.61. The third-order valence-corrected chi connectivity index (χ3v) is 5.61. The molecule has 168 valence electrons. The van der Waals surface area contributed by atoms with Gasteiger partial charge in [-0.3, -0.25) is 19.7 Å². The van der Waals surface area contributed by atoms with Gasteiger partial charge < -0.3 is 14.9 Å². The Morgan fingerprint density at radius 1 is 1.12 bits per heavy atom. The summed E-state index contributed by atoms with van der Waals surface area (Å²) in [6.07, 6.45) is 0.632. The number of benzene rings is 2. The van der Waals surface area contributed by atoms with Gasteiger partial charge in [-0.15, -0.1) is 0 Å². The van der Waals surface area contributed by atoms with Crippen LogP contribution in [0.4, 0.5) is 5.69 Å². The average Bonchev–Trinajstić information content (AvgIpc) is 2.99. The number of aliphatic hydroxyl groups excluding tert-OH is 1. The number of carbonyl (C=O) groups excluding carboxylic acids is 2. The van der Waals surface area contributed by atoms with Gasteiger partial charge in [-0.25, -0.2) is 0 Å². The summed E-state index contributed by atoms with van der Waals surface area (Å²) in [5.74, 6) is -1.67. The Hall–Kier alpha value is -3.52. The molecule has 0 bridgehead atoms. The number of non-ortho nitro benzene ring substituents is 1. The van der Waals surface area contributed by atoms with Crippen molar-refractivity contribution in [3.05, 3.63) is 80.4 Å². The lowest BCUT2D eigenvalue weighted by molar-refractivity contribution is -0.384. The molecule has 1 aliphatic rings. The highest BCUT2D eigenvalue weighted by Crippen LogP contribution is 2.40. The number of amides is 1. The van der Waals surface area contributed by atoms with Crippen LogP contribution < -0.4 is 0 Å². The molecule has 1 heterocycles. The lowest BCUT2D eigenvalue weighted by Gasteiger charge is -2.26. The van der Waals surface area contributed by atoms with Crippen LogP contribution in [0.1, 0.15) is 34.7 Å². The summed E-state index contributed by atoms with van der Waals surface area (Å²) in [6, 6.07) is 10.4. The molecule has 0 aromatic heterocycles. The van der Waals surface area contributed by atoms with E-state index in [1.54, 1.807) is 6.07 Å². The molecule has 1 atom stereocenters. The normalized spacial score (nSPS) is 17.9. The number of rotatable bonds is 7. The molecule has 0 aliphatic carbocycles. The first-order valence-corrected chi connectivity index (χ1v) is 10.4. The fourth-order valence-electron chi connectivity index (χ4n) is 3.93. The fraction of sp³-hybridized carbons (Fsp3) is 0.333. The van der Waals surface area contributed by atoms with Crippen LogP contribution in [0.2, 0.25) is 0 Å². The monoisotopic (exact) mass is 437 g/mol. The number of hydrogen-bond acceptors (Lipinski definition) is 6. The van der Waals surface area contributed by atoms with Crippen molar-refractivity contribution in [2.24, 2.45) is 0 Å². The Balaban J connectivity index is 2.14. The van der Waals surface area contributed by atoms with E-state index in [9.17, 15) is 24.8 Å². The SMILES string of the molecule is Cc1ccc(C)c(/C(O)=C2\C(=O)C(=O)N(CCCN(C)C)C2c2ccc([N+](=O)[O-])cc2)c1. The van der Waals surface area contributed by atoms with E-state index in [4.69, 9.17) is 0 Å². The van der Waals surface area contributed by atoms with Crippen LogP contribution >= 0.6 is 0 Å². The van der Waals surface area contributed by atoms with Crippen LogP contribution in [-0.2, 0) is 9.59 Å². The van der Waals surface area contributed by atoms with Gasteiger partial charge in [0, 0.05) is 24.2 Å². The van der Waals surface area contributed by atoms with Crippen molar-refractivity contribution < 1.29 is 19.6 Å². The minimum atomic E-state index is -0.821. The Morgan fingerprint density at radius 2 is 1.78 bits per heavy atom. The molecule has 32 heavy (non-hydrogen) atoms. The quantitative estimate of drug-likeness (QED) is 0.233. The van der Waals surface area contributed by atoms with E-state index in [0.717, 1.165) is 11.1 Å².